The summed E-state index contributed by atoms with van der Waals surface area (Å²) in [4.78, 5) is 20.1. The van der Waals surface area contributed by atoms with Crippen molar-refractivity contribution in [2.45, 2.75) is 32.7 Å². The molecule has 134 valence electrons. The minimum absolute atomic E-state index is 0.551. The Morgan fingerprint density at radius 3 is 2.81 bits per heavy atom. The fourth-order valence-electron chi connectivity index (χ4n) is 3.47. The van der Waals surface area contributed by atoms with Crippen molar-refractivity contribution in [3.8, 4) is 11.4 Å². The van der Waals surface area contributed by atoms with E-state index in [4.69, 9.17) is 9.97 Å². The van der Waals surface area contributed by atoms with Gasteiger partial charge in [0.05, 0.1) is 0 Å². The maximum atomic E-state index is 4.86. The van der Waals surface area contributed by atoms with Crippen molar-refractivity contribution in [2.24, 2.45) is 5.92 Å². The highest BCUT2D eigenvalue weighted by molar-refractivity contribution is 5.57. The van der Waals surface area contributed by atoms with Crippen molar-refractivity contribution in [1.29, 1.82) is 0 Å². The predicted octanol–water partition coefficient (Wildman–Crippen LogP) is 2.61. The number of aromatic nitrogens is 6. The molecule has 0 aromatic carbocycles. The van der Waals surface area contributed by atoms with E-state index in [2.05, 4.69) is 33.0 Å². The first-order valence-corrected chi connectivity index (χ1v) is 9.17. The summed E-state index contributed by atoms with van der Waals surface area (Å²) in [6, 6.07) is 6.05. The lowest BCUT2D eigenvalue weighted by atomic mass is 9.98. The molecule has 0 bridgehead atoms. The first kappa shape index (κ1) is 16.6. The summed E-state index contributed by atoms with van der Waals surface area (Å²) in [5, 5.41) is 4.24. The van der Waals surface area contributed by atoms with Crippen LogP contribution in [0.3, 0.4) is 0 Å². The van der Waals surface area contributed by atoms with Gasteiger partial charge in [0.2, 0.25) is 0 Å². The number of anilines is 1. The summed E-state index contributed by atoms with van der Waals surface area (Å²) in [6.07, 6.45) is 10.2. The predicted molar refractivity (Wildman–Crippen MR) is 99.6 cm³/mol. The van der Waals surface area contributed by atoms with Gasteiger partial charge in [0.1, 0.15) is 18.5 Å². The van der Waals surface area contributed by atoms with Gasteiger partial charge in [0, 0.05) is 49.4 Å². The molecular weight excluding hydrogens is 326 g/mol. The van der Waals surface area contributed by atoms with Crippen molar-refractivity contribution in [3.63, 3.8) is 0 Å². The van der Waals surface area contributed by atoms with Crippen LogP contribution in [0.2, 0.25) is 0 Å². The fourth-order valence-corrected chi connectivity index (χ4v) is 3.47. The van der Waals surface area contributed by atoms with Gasteiger partial charge in [0.25, 0.3) is 0 Å². The molecule has 3 aromatic rings. The van der Waals surface area contributed by atoms with Crippen molar-refractivity contribution in [2.75, 3.05) is 18.0 Å². The van der Waals surface area contributed by atoms with E-state index in [-0.39, 0.29) is 0 Å². The summed E-state index contributed by atoms with van der Waals surface area (Å²) >= 11 is 0. The van der Waals surface area contributed by atoms with Crippen LogP contribution in [-0.4, -0.2) is 42.8 Å². The minimum Gasteiger partial charge on any atom is -0.356 e. The van der Waals surface area contributed by atoms with Crippen LogP contribution in [0.15, 0.2) is 43.2 Å². The van der Waals surface area contributed by atoms with E-state index in [1.165, 1.54) is 6.42 Å². The van der Waals surface area contributed by atoms with Gasteiger partial charge in [-0.25, -0.2) is 15.0 Å². The molecule has 7 nitrogen and oxygen atoms in total. The van der Waals surface area contributed by atoms with Crippen molar-refractivity contribution < 1.29 is 0 Å². The highest BCUT2D eigenvalue weighted by Crippen LogP contribution is 2.25. The van der Waals surface area contributed by atoms with Crippen LogP contribution in [0.4, 0.5) is 5.82 Å². The smallest absolute Gasteiger partial charge is 0.161 e. The number of piperidine rings is 1. The summed E-state index contributed by atoms with van der Waals surface area (Å²) in [5.74, 6) is 2.35. The number of nitrogens with zero attached hydrogens (tertiary/aromatic N) is 7. The Hall–Kier alpha value is -2.83. The molecule has 0 radical (unpaired) electrons. The van der Waals surface area contributed by atoms with Gasteiger partial charge >= 0.3 is 0 Å². The molecule has 4 heterocycles. The van der Waals surface area contributed by atoms with E-state index in [1.54, 1.807) is 25.0 Å². The molecule has 1 aliphatic heterocycles. The van der Waals surface area contributed by atoms with Crippen molar-refractivity contribution in [3.05, 3.63) is 48.9 Å². The Kier molecular flexibility index (Phi) is 4.86. The van der Waals surface area contributed by atoms with Crippen LogP contribution < -0.4 is 4.90 Å². The molecule has 0 unspecified atom stereocenters. The van der Waals surface area contributed by atoms with E-state index < -0.39 is 0 Å². The highest BCUT2D eigenvalue weighted by Gasteiger charge is 2.22. The molecule has 7 heteroatoms. The molecule has 0 aliphatic carbocycles. The van der Waals surface area contributed by atoms with Gasteiger partial charge < -0.3 is 4.90 Å². The average molecular weight is 349 g/mol. The second kappa shape index (κ2) is 7.59. The van der Waals surface area contributed by atoms with E-state index >= 15 is 0 Å². The quantitative estimate of drug-likeness (QED) is 0.705. The van der Waals surface area contributed by atoms with Crippen LogP contribution in [0.1, 0.15) is 25.5 Å². The number of aryl methyl sites for hydroxylation is 1. The van der Waals surface area contributed by atoms with Gasteiger partial charge in [-0.05, 0) is 37.3 Å². The van der Waals surface area contributed by atoms with Crippen LogP contribution >= 0.6 is 0 Å². The molecule has 0 spiro atoms. The largest absolute Gasteiger partial charge is 0.356 e. The number of hydrogen-bond acceptors (Lipinski definition) is 6. The van der Waals surface area contributed by atoms with Gasteiger partial charge in [-0.1, -0.05) is 6.92 Å². The van der Waals surface area contributed by atoms with Gasteiger partial charge in [-0.3, -0.25) is 9.67 Å². The molecule has 4 rings (SSSR count). The number of hydrogen-bond donors (Lipinski definition) is 0. The van der Waals surface area contributed by atoms with Crippen LogP contribution in [-0.2, 0) is 13.0 Å². The van der Waals surface area contributed by atoms with Gasteiger partial charge in [0.15, 0.2) is 5.82 Å². The highest BCUT2D eigenvalue weighted by atomic mass is 15.3. The van der Waals surface area contributed by atoms with Crippen molar-refractivity contribution in [1.82, 2.24) is 29.7 Å². The molecule has 1 aliphatic rings. The van der Waals surface area contributed by atoms with E-state index in [9.17, 15) is 0 Å². The zero-order valence-electron chi connectivity index (χ0n) is 15.0. The molecule has 1 atom stereocenters. The maximum absolute atomic E-state index is 4.86. The topological polar surface area (TPSA) is 72.6 Å². The molecule has 0 saturated carbocycles. The van der Waals surface area contributed by atoms with E-state index in [1.807, 2.05) is 16.8 Å². The lowest BCUT2D eigenvalue weighted by Gasteiger charge is -2.33. The Morgan fingerprint density at radius 1 is 1.15 bits per heavy atom. The number of pyridine rings is 1. The molecule has 1 saturated heterocycles. The summed E-state index contributed by atoms with van der Waals surface area (Å²) < 4.78 is 1.92. The average Bonchev–Trinajstić information content (AvgIpc) is 3.21. The molecule has 26 heavy (non-hydrogen) atoms. The molecule has 3 aromatic heterocycles. The third-order valence-corrected chi connectivity index (χ3v) is 4.82. The molecule has 0 N–H and O–H groups in total. The first-order valence-electron chi connectivity index (χ1n) is 9.17. The van der Waals surface area contributed by atoms with Crippen LogP contribution in [0, 0.1) is 5.92 Å². The van der Waals surface area contributed by atoms with E-state index in [0.29, 0.717) is 5.92 Å². The van der Waals surface area contributed by atoms with E-state index in [0.717, 1.165) is 55.4 Å². The van der Waals surface area contributed by atoms with Gasteiger partial charge in [-0.15, -0.1) is 0 Å². The Bertz CT molecular complexity index is 832. The standard InChI is InChI=1S/C19H23N7/c1-2-17-10-18(24-19(23-17)16-5-7-20-8-6-16)25-9-3-4-15(11-25)12-26-14-21-13-22-26/h5-8,10,13-15H,2-4,9,11-12H2,1H3/t15-/m0/s1. The molecule has 0 amide bonds. The van der Waals surface area contributed by atoms with Crippen LogP contribution in [0.25, 0.3) is 11.4 Å². The summed E-state index contributed by atoms with van der Waals surface area (Å²) in [6.45, 7) is 5.05. The normalized spacial score (nSPS) is 17.4. The second-order valence-electron chi connectivity index (χ2n) is 6.70. The number of rotatable bonds is 5. The summed E-state index contributed by atoms with van der Waals surface area (Å²) in [7, 11) is 0. The third kappa shape index (κ3) is 3.71. The lowest BCUT2D eigenvalue weighted by Crippen LogP contribution is -2.37. The SMILES string of the molecule is CCc1cc(N2CCC[C@H](Cn3cncn3)C2)nc(-c2ccncc2)n1. The Labute approximate surface area is 153 Å². The minimum atomic E-state index is 0.551. The Balaban J connectivity index is 1.58. The zero-order chi connectivity index (χ0) is 17.8. The lowest BCUT2D eigenvalue weighted by molar-refractivity contribution is 0.350. The fraction of sp³-hybridized carbons (Fsp3) is 0.421. The van der Waals surface area contributed by atoms with Crippen molar-refractivity contribution >= 4 is 5.82 Å². The maximum Gasteiger partial charge on any atom is 0.161 e. The zero-order valence-corrected chi connectivity index (χ0v) is 15.0. The third-order valence-electron chi connectivity index (χ3n) is 4.82. The monoisotopic (exact) mass is 349 g/mol. The first-order chi connectivity index (χ1) is 12.8. The van der Waals surface area contributed by atoms with Crippen LogP contribution in [0.5, 0.6) is 0 Å². The van der Waals surface area contributed by atoms with Gasteiger partial charge in [-0.2, -0.15) is 5.10 Å². The molecule has 1 fully saturated rings. The summed E-state index contributed by atoms with van der Waals surface area (Å²) in [5.41, 5.74) is 2.08. The molecular formula is C19H23N7. The Morgan fingerprint density at radius 2 is 2.04 bits per heavy atom. The second-order valence-corrected chi connectivity index (χ2v) is 6.70.